The van der Waals surface area contributed by atoms with Crippen LogP contribution in [0.15, 0.2) is 40.6 Å². The number of anilines is 1. The van der Waals surface area contributed by atoms with E-state index in [4.69, 9.17) is 0 Å². The lowest BCUT2D eigenvalue weighted by Crippen LogP contribution is -1.87. The fraction of sp³-hybridized carbons (Fsp3) is 0.273. The monoisotopic (exact) mass is 189 g/mol. The Kier molecular flexibility index (Phi) is 3.85. The van der Waals surface area contributed by atoms with E-state index in [1.165, 1.54) is 0 Å². The van der Waals surface area contributed by atoms with Crippen LogP contribution < -0.4 is 5.32 Å². The van der Waals surface area contributed by atoms with Crippen LogP contribution in [-0.4, -0.2) is 14.1 Å². The van der Waals surface area contributed by atoms with Crippen molar-refractivity contribution in [2.75, 3.05) is 19.4 Å². The highest BCUT2D eigenvalue weighted by molar-refractivity contribution is 5.65. The first-order valence-electron chi connectivity index (χ1n) is 4.56. The third kappa shape index (κ3) is 2.42. The van der Waals surface area contributed by atoms with Crippen LogP contribution in [0.5, 0.6) is 0 Å². The van der Waals surface area contributed by atoms with Gasteiger partial charge in [-0.05, 0) is 19.1 Å². The van der Waals surface area contributed by atoms with E-state index in [9.17, 15) is 0 Å². The highest BCUT2D eigenvalue weighted by Crippen LogP contribution is 2.18. The summed E-state index contributed by atoms with van der Waals surface area (Å²) in [6.07, 6.45) is 1.95. The minimum atomic E-state index is 0.898. The molecule has 0 atom stereocenters. The molecule has 0 heterocycles. The fourth-order valence-corrected chi connectivity index (χ4v) is 1.20. The molecule has 0 unspecified atom stereocenters. The Morgan fingerprint density at radius 2 is 1.93 bits per heavy atom. The Morgan fingerprint density at radius 3 is 2.36 bits per heavy atom. The molecule has 1 N–H and O–H groups in total. The van der Waals surface area contributed by atoms with Gasteiger partial charge in [0.1, 0.15) is 0 Å². The molecule has 0 aliphatic heterocycles. The first-order valence-corrected chi connectivity index (χ1v) is 4.56. The average Bonchev–Trinajstić information content (AvgIpc) is 2.26. The molecular weight excluding hydrogens is 174 g/mol. The van der Waals surface area contributed by atoms with E-state index in [0.717, 1.165) is 16.9 Å². The fourth-order valence-electron chi connectivity index (χ4n) is 1.20. The van der Waals surface area contributed by atoms with Gasteiger partial charge in [-0.3, -0.25) is 0 Å². The van der Waals surface area contributed by atoms with Gasteiger partial charge in [-0.15, -0.1) is 0 Å². The van der Waals surface area contributed by atoms with Gasteiger partial charge in [-0.1, -0.05) is 18.2 Å². The summed E-state index contributed by atoms with van der Waals surface area (Å²) in [7, 11) is 3.57. The summed E-state index contributed by atoms with van der Waals surface area (Å²) >= 11 is 0. The van der Waals surface area contributed by atoms with Crippen LogP contribution in [0.1, 0.15) is 12.5 Å². The maximum atomic E-state index is 4.03. The largest absolute Gasteiger partial charge is 0.388 e. The van der Waals surface area contributed by atoms with Crippen molar-refractivity contribution >= 4 is 11.4 Å². The van der Waals surface area contributed by atoms with Crippen molar-refractivity contribution in [1.82, 2.24) is 0 Å². The first-order chi connectivity index (χ1) is 6.81. The first kappa shape index (κ1) is 10.4. The van der Waals surface area contributed by atoms with Gasteiger partial charge in [-0.2, -0.15) is 10.2 Å². The van der Waals surface area contributed by atoms with E-state index < -0.39 is 0 Å². The Morgan fingerprint density at radius 1 is 1.29 bits per heavy atom. The number of allylic oxidation sites excluding steroid dienone is 1. The van der Waals surface area contributed by atoms with Crippen molar-refractivity contribution in [3.8, 4) is 0 Å². The number of nitrogens with zero attached hydrogens (tertiary/aromatic N) is 2. The predicted octanol–water partition coefficient (Wildman–Crippen LogP) is 3.17. The van der Waals surface area contributed by atoms with E-state index in [1.807, 2.05) is 44.3 Å². The maximum Gasteiger partial charge on any atom is 0.0882 e. The smallest absolute Gasteiger partial charge is 0.0882 e. The Labute approximate surface area is 84.6 Å². The molecule has 1 aromatic carbocycles. The highest BCUT2D eigenvalue weighted by Gasteiger charge is 1.97. The van der Waals surface area contributed by atoms with Crippen LogP contribution in [0.25, 0.3) is 5.70 Å². The molecule has 1 rings (SSSR count). The molecule has 0 aromatic heterocycles. The Balaban J connectivity index is 2.96. The molecule has 0 fully saturated rings. The molecule has 1 aromatic rings. The normalized spacial score (nSPS) is 12.1. The molecule has 0 saturated carbocycles. The zero-order chi connectivity index (χ0) is 10.4. The van der Waals surface area contributed by atoms with E-state index in [0.29, 0.717) is 0 Å². The number of azo groups is 1. The summed E-state index contributed by atoms with van der Waals surface area (Å²) in [4.78, 5) is 0. The summed E-state index contributed by atoms with van der Waals surface area (Å²) in [6.45, 7) is 1.95. The zero-order valence-electron chi connectivity index (χ0n) is 8.78. The third-order valence-electron chi connectivity index (χ3n) is 1.95. The van der Waals surface area contributed by atoms with Crippen LogP contribution in [0.2, 0.25) is 0 Å². The van der Waals surface area contributed by atoms with E-state index in [1.54, 1.807) is 7.05 Å². The molecule has 0 amide bonds. The lowest BCUT2D eigenvalue weighted by atomic mass is 10.1. The van der Waals surface area contributed by atoms with Crippen molar-refractivity contribution in [2.45, 2.75) is 6.92 Å². The number of benzene rings is 1. The van der Waals surface area contributed by atoms with Gasteiger partial charge >= 0.3 is 0 Å². The molecule has 14 heavy (non-hydrogen) atoms. The number of rotatable bonds is 3. The van der Waals surface area contributed by atoms with Gasteiger partial charge < -0.3 is 5.32 Å². The lowest BCUT2D eigenvalue weighted by molar-refractivity contribution is 1.17. The Hall–Kier alpha value is -1.64. The quantitative estimate of drug-likeness (QED) is 0.728. The Bertz CT molecular complexity index is 336. The van der Waals surface area contributed by atoms with E-state index in [-0.39, 0.29) is 0 Å². The van der Waals surface area contributed by atoms with Crippen LogP contribution in [0.4, 0.5) is 5.69 Å². The summed E-state index contributed by atoms with van der Waals surface area (Å²) in [5.41, 5.74) is 3.07. The van der Waals surface area contributed by atoms with E-state index in [2.05, 4.69) is 15.5 Å². The van der Waals surface area contributed by atoms with Crippen LogP contribution in [-0.2, 0) is 0 Å². The second-order valence-electron chi connectivity index (χ2n) is 2.80. The molecule has 3 heteroatoms. The van der Waals surface area contributed by atoms with Gasteiger partial charge in [0.15, 0.2) is 0 Å². The molecular formula is C11H15N3. The van der Waals surface area contributed by atoms with E-state index >= 15 is 0 Å². The van der Waals surface area contributed by atoms with Gasteiger partial charge in [-0.25, -0.2) is 0 Å². The van der Waals surface area contributed by atoms with Crippen LogP contribution in [0.3, 0.4) is 0 Å². The van der Waals surface area contributed by atoms with Crippen molar-refractivity contribution in [3.63, 3.8) is 0 Å². The minimum absolute atomic E-state index is 0.898. The minimum Gasteiger partial charge on any atom is -0.388 e. The van der Waals surface area contributed by atoms with Gasteiger partial charge in [0.2, 0.25) is 0 Å². The van der Waals surface area contributed by atoms with Gasteiger partial charge in [0, 0.05) is 25.3 Å². The average molecular weight is 189 g/mol. The summed E-state index contributed by atoms with van der Waals surface area (Å²) in [5.74, 6) is 0. The number of hydrogen-bond donors (Lipinski definition) is 1. The topological polar surface area (TPSA) is 36.8 Å². The van der Waals surface area contributed by atoms with Gasteiger partial charge in [0.25, 0.3) is 0 Å². The van der Waals surface area contributed by atoms with Crippen LogP contribution in [0, 0.1) is 0 Å². The SMILES string of the molecule is C/C=C(\N=N/C)c1ccc(NC)cc1. The standard InChI is InChI=1S/C11H15N3/c1-4-11(14-13-3)9-5-7-10(12-2)8-6-9/h4-8,12H,1-3H3/b11-4-,14-13-. The second-order valence-corrected chi connectivity index (χ2v) is 2.80. The molecule has 0 spiro atoms. The number of hydrogen-bond acceptors (Lipinski definition) is 3. The van der Waals surface area contributed by atoms with Crippen molar-refractivity contribution < 1.29 is 0 Å². The molecule has 0 aliphatic carbocycles. The summed E-state index contributed by atoms with van der Waals surface area (Å²) in [6, 6.07) is 8.08. The number of nitrogens with one attached hydrogen (secondary N) is 1. The molecule has 0 saturated heterocycles. The maximum absolute atomic E-state index is 4.03. The zero-order valence-corrected chi connectivity index (χ0v) is 8.78. The molecule has 0 aliphatic rings. The lowest BCUT2D eigenvalue weighted by Gasteiger charge is -2.02. The molecule has 0 bridgehead atoms. The summed E-state index contributed by atoms with van der Waals surface area (Å²) in [5, 5.41) is 10.9. The van der Waals surface area contributed by atoms with Crippen molar-refractivity contribution in [1.29, 1.82) is 0 Å². The molecule has 74 valence electrons. The predicted molar refractivity (Wildman–Crippen MR) is 60.4 cm³/mol. The second kappa shape index (κ2) is 5.17. The highest BCUT2D eigenvalue weighted by atomic mass is 15.1. The van der Waals surface area contributed by atoms with Crippen molar-refractivity contribution in [3.05, 3.63) is 35.9 Å². The molecule has 3 nitrogen and oxygen atoms in total. The van der Waals surface area contributed by atoms with Crippen LogP contribution >= 0.6 is 0 Å². The summed E-state index contributed by atoms with van der Waals surface area (Å²) < 4.78 is 0. The third-order valence-corrected chi connectivity index (χ3v) is 1.95. The molecule has 0 radical (unpaired) electrons. The van der Waals surface area contributed by atoms with Crippen molar-refractivity contribution in [2.24, 2.45) is 10.2 Å². The van der Waals surface area contributed by atoms with Gasteiger partial charge in [0.05, 0.1) is 5.70 Å².